The molecule has 4 nitrogen and oxygen atoms in total. The van der Waals surface area contributed by atoms with Gasteiger partial charge in [0.15, 0.2) is 6.17 Å². The summed E-state index contributed by atoms with van der Waals surface area (Å²) in [5.41, 5.74) is 9.11. The number of hydrogen-bond donors (Lipinski definition) is 2. The Labute approximate surface area is 141 Å². The van der Waals surface area contributed by atoms with Gasteiger partial charge in [0.05, 0.1) is 11.4 Å². The van der Waals surface area contributed by atoms with Gasteiger partial charge in [-0.15, -0.1) is 0 Å². The van der Waals surface area contributed by atoms with Crippen molar-refractivity contribution in [3.8, 4) is 0 Å². The molecule has 1 amide bonds. The second-order valence-corrected chi connectivity index (χ2v) is 8.28. The number of hydrogen-bond acceptors (Lipinski definition) is 3. The van der Waals surface area contributed by atoms with E-state index >= 15 is 0 Å². The number of benzodiazepines with no additional fused rings is 1. The van der Waals surface area contributed by atoms with Gasteiger partial charge in [-0.1, -0.05) is 37.7 Å². The van der Waals surface area contributed by atoms with Crippen LogP contribution in [0.1, 0.15) is 11.1 Å². The number of rotatable bonds is 2. The molecule has 0 saturated heterocycles. The van der Waals surface area contributed by atoms with Crippen LogP contribution in [-0.2, 0) is 4.79 Å². The number of fused-ring (bicyclic) bond motifs is 1. The second-order valence-electron chi connectivity index (χ2n) is 5.54. The van der Waals surface area contributed by atoms with Gasteiger partial charge in [-0.2, -0.15) is 0 Å². The van der Waals surface area contributed by atoms with Crippen molar-refractivity contribution in [2.24, 2.45) is 10.7 Å². The number of amides is 1. The first kappa shape index (κ1) is 16.1. The Morgan fingerprint density at radius 2 is 1.87 bits per heavy atom. The van der Waals surface area contributed by atoms with Crippen LogP contribution in [0.3, 0.4) is 0 Å². The van der Waals surface area contributed by atoms with E-state index in [2.05, 4.69) is 29.7 Å². The minimum Gasteiger partial charge on any atom is -0.322 e. The van der Waals surface area contributed by atoms with E-state index in [9.17, 15) is 4.79 Å². The van der Waals surface area contributed by atoms with Crippen LogP contribution in [0.2, 0.25) is 5.02 Å². The van der Waals surface area contributed by atoms with E-state index in [1.165, 1.54) is 5.30 Å². The van der Waals surface area contributed by atoms with E-state index < -0.39 is 6.17 Å². The van der Waals surface area contributed by atoms with Crippen LogP contribution in [0.5, 0.6) is 0 Å². The maximum Gasteiger partial charge on any atom is 0.263 e. The SMILES string of the molecule is CP(C)c1ccc2c(c1)C(c1ccc(Cl)cc1)=NC(N)C(=O)N2. The largest absolute Gasteiger partial charge is 0.322 e. The molecule has 0 aromatic heterocycles. The van der Waals surface area contributed by atoms with Gasteiger partial charge in [-0.25, -0.2) is 0 Å². The Hall–Kier alpha value is -1.74. The number of nitrogens with zero attached hydrogens (tertiary/aromatic N) is 1. The summed E-state index contributed by atoms with van der Waals surface area (Å²) in [6, 6.07) is 13.5. The summed E-state index contributed by atoms with van der Waals surface area (Å²) in [7, 11) is -0.255. The number of halogens is 1. The third-order valence-corrected chi connectivity index (χ3v) is 5.25. The summed E-state index contributed by atoms with van der Waals surface area (Å²) < 4.78 is 0. The van der Waals surface area contributed by atoms with E-state index in [-0.39, 0.29) is 13.8 Å². The zero-order valence-corrected chi connectivity index (χ0v) is 14.5. The number of nitrogens with two attached hydrogens (primary N) is 1. The lowest BCUT2D eigenvalue weighted by atomic mass is 10.0. The fraction of sp³-hybridized carbons (Fsp3) is 0.176. The van der Waals surface area contributed by atoms with Crippen molar-refractivity contribution >= 4 is 42.1 Å². The van der Waals surface area contributed by atoms with Crippen molar-refractivity contribution in [1.82, 2.24) is 0 Å². The highest BCUT2D eigenvalue weighted by Crippen LogP contribution is 2.29. The van der Waals surface area contributed by atoms with Crippen LogP contribution in [0.15, 0.2) is 47.5 Å². The van der Waals surface area contributed by atoms with Crippen molar-refractivity contribution < 1.29 is 4.79 Å². The smallest absolute Gasteiger partial charge is 0.263 e. The van der Waals surface area contributed by atoms with Crippen molar-refractivity contribution in [1.29, 1.82) is 0 Å². The Morgan fingerprint density at radius 1 is 1.17 bits per heavy atom. The molecule has 0 bridgehead atoms. The summed E-state index contributed by atoms with van der Waals surface area (Å²) in [6.45, 7) is 4.38. The quantitative estimate of drug-likeness (QED) is 0.822. The highest BCUT2D eigenvalue weighted by Gasteiger charge is 2.23. The average Bonchev–Trinajstić information content (AvgIpc) is 2.65. The molecule has 3 N–H and O–H groups in total. The zero-order valence-electron chi connectivity index (χ0n) is 12.9. The Morgan fingerprint density at radius 3 is 2.52 bits per heavy atom. The number of anilines is 1. The van der Waals surface area contributed by atoms with Crippen LogP contribution < -0.4 is 16.4 Å². The highest BCUT2D eigenvalue weighted by atomic mass is 35.5. The molecule has 2 aromatic rings. The topological polar surface area (TPSA) is 67.5 Å². The zero-order chi connectivity index (χ0) is 16.6. The maximum absolute atomic E-state index is 12.1. The Kier molecular flexibility index (Phi) is 4.49. The second kappa shape index (κ2) is 6.40. The molecule has 0 spiro atoms. The molecule has 118 valence electrons. The van der Waals surface area contributed by atoms with Gasteiger partial charge in [0, 0.05) is 16.1 Å². The molecule has 2 aromatic carbocycles. The number of carbonyl (C=O) groups is 1. The molecule has 0 saturated carbocycles. The predicted octanol–water partition coefficient (Wildman–Crippen LogP) is 2.78. The third-order valence-electron chi connectivity index (χ3n) is 3.69. The Bertz CT molecular complexity index is 787. The van der Waals surface area contributed by atoms with Gasteiger partial charge in [0.1, 0.15) is 0 Å². The van der Waals surface area contributed by atoms with Gasteiger partial charge < -0.3 is 11.1 Å². The van der Waals surface area contributed by atoms with Gasteiger partial charge in [-0.05, 0) is 42.9 Å². The van der Waals surface area contributed by atoms with Crippen LogP contribution >= 0.6 is 19.5 Å². The van der Waals surface area contributed by atoms with Crippen molar-refractivity contribution in [2.45, 2.75) is 6.17 Å². The lowest BCUT2D eigenvalue weighted by Crippen LogP contribution is -2.33. The molecule has 23 heavy (non-hydrogen) atoms. The first-order chi connectivity index (χ1) is 11.0. The fourth-order valence-corrected chi connectivity index (χ4v) is 3.31. The van der Waals surface area contributed by atoms with E-state index in [0.29, 0.717) is 10.7 Å². The molecule has 0 radical (unpaired) electrons. The fourth-order valence-electron chi connectivity index (χ4n) is 2.43. The average molecular weight is 346 g/mol. The van der Waals surface area contributed by atoms with E-state index in [4.69, 9.17) is 17.3 Å². The molecule has 1 aliphatic heterocycles. The van der Waals surface area contributed by atoms with Gasteiger partial charge in [-0.3, -0.25) is 9.79 Å². The molecule has 3 rings (SSSR count). The maximum atomic E-state index is 12.1. The molecule has 0 fully saturated rings. The number of benzene rings is 2. The van der Waals surface area contributed by atoms with Crippen molar-refractivity contribution in [3.63, 3.8) is 0 Å². The lowest BCUT2D eigenvalue weighted by Gasteiger charge is -2.14. The predicted molar refractivity (Wildman–Crippen MR) is 98.5 cm³/mol. The number of carbonyl (C=O) groups excluding carboxylic acids is 1. The van der Waals surface area contributed by atoms with Gasteiger partial charge in [0.2, 0.25) is 0 Å². The first-order valence-corrected chi connectivity index (χ1v) is 9.79. The van der Waals surface area contributed by atoms with Crippen LogP contribution in [0, 0.1) is 0 Å². The molecular formula is C17H17ClN3OP. The normalized spacial score (nSPS) is 17.3. The molecule has 1 unspecified atom stereocenters. The first-order valence-electron chi connectivity index (χ1n) is 7.17. The third kappa shape index (κ3) is 3.30. The molecule has 1 heterocycles. The summed E-state index contributed by atoms with van der Waals surface area (Å²) in [4.78, 5) is 16.5. The molecule has 0 aliphatic carbocycles. The van der Waals surface area contributed by atoms with Crippen molar-refractivity contribution in [2.75, 3.05) is 18.6 Å². The van der Waals surface area contributed by atoms with Crippen LogP contribution in [0.4, 0.5) is 5.69 Å². The van der Waals surface area contributed by atoms with E-state index in [0.717, 1.165) is 16.8 Å². The number of nitrogens with one attached hydrogen (secondary N) is 1. The Balaban J connectivity index is 2.20. The molecule has 1 aliphatic rings. The highest BCUT2D eigenvalue weighted by molar-refractivity contribution is 7.64. The number of aliphatic imine (C=N–C) groups is 1. The summed E-state index contributed by atoms with van der Waals surface area (Å²) >= 11 is 5.97. The monoisotopic (exact) mass is 345 g/mol. The summed E-state index contributed by atoms with van der Waals surface area (Å²) in [6.07, 6.45) is -0.929. The van der Waals surface area contributed by atoms with Gasteiger partial charge >= 0.3 is 0 Å². The standard InChI is InChI=1S/C17H17ClN3OP/c1-23(2)12-7-8-14-13(9-12)15(21-16(19)17(22)20-14)10-3-5-11(18)6-4-10/h3-9,16H,19H2,1-2H3,(H,20,22). The van der Waals surface area contributed by atoms with E-state index in [1.54, 1.807) is 12.1 Å². The lowest BCUT2D eigenvalue weighted by molar-refractivity contribution is -0.117. The molecule has 6 heteroatoms. The molecular weight excluding hydrogens is 329 g/mol. The summed E-state index contributed by atoms with van der Waals surface area (Å²) in [5.74, 6) is -0.307. The van der Waals surface area contributed by atoms with E-state index in [1.807, 2.05) is 24.3 Å². The van der Waals surface area contributed by atoms with Crippen LogP contribution in [-0.4, -0.2) is 31.1 Å². The van der Waals surface area contributed by atoms with Crippen molar-refractivity contribution in [3.05, 3.63) is 58.6 Å². The van der Waals surface area contributed by atoms with Gasteiger partial charge in [0.25, 0.3) is 5.91 Å². The minimum absolute atomic E-state index is 0.255. The van der Waals surface area contributed by atoms with Crippen LogP contribution in [0.25, 0.3) is 0 Å². The summed E-state index contributed by atoms with van der Waals surface area (Å²) in [5, 5.41) is 4.75. The molecule has 1 atom stereocenters. The minimum atomic E-state index is -0.929.